The third kappa shape index (κ3) is 2.19. The molecule has 0 spiro atoms. The number of aromatic nitrogens is 5. The van der Waals surface area contributed by atoms with Gasteiger partial charge in [-0.25, -0.2) is 14.8 Å². The molecule has 0 saturated carbocycles. The van der Waals surface area contributed by atoms with Gasteiger partial charge in [-0.05, 0) is 19.1 Å². The Morgan fingerprint density at radius 3 is 3.09 bits per heavy atom. The van der Waals surface area contributed by atoms with E-state index in [1.165, 1.54) is 4.68 Å². The van der Waals surface area contributed by atoms with Crippen molar-refractivity contribution in [1.82, 2.24) is 29.0 Å². The van der Waals surface area contributed by atoms with Crippen molar-refractivity contribution in [2.45, 2.75) is 26.6 Å². The lowest BCUT2D eigenvalue weighted by atomic mass is 10.1. The summed E-state index contributed by atoms with van der Waals surface area (Å²) in [6.45, 7) is 4.00. The standard InChI is InChI=1S/C15H16N6O/c1-11-16-8-12-9-19(7-5-13(12)17-11)10-21-15(22)20-6-3-2-4-14(20)18-21/h2-4,6,8H,5,7,9-10H2,1H3. The molecule has 7 heteroatoms. The van der Waals surface area contributed by atoms with Gasteiger partial charge in [-0.15, -0.1) is 5.10 Å². The van der Waals surface area contributed by atoms with Gasteiger partial charge in [0.05, 0.1) is 6.67 Å². The highest BCUT2D eigenvalue weighted by Gasteiger charge is 2.19. The summed E-state index contributed by atoms with van der Waals surface area (Å²) in [6, 6.07) is 5.54. The van der Waals surface area contributed by atoms with Gasteiger partial charge in [-0.2, -0.15) is 4.68 Å². The quantitative estimate of drug-likeness (QED) is 0.693. The van der Waals surface area contributed by atoms with E-state index in [-0.39, 0.29) is 5.69 Å². The molecule has 22 heavy (non-hydrogen) atoms. The van der Waals surface area contributed by atoms with Crippen molar-refractivity contribution in [3.8, 4) is 0 Å². The lowest BCUT2D eigenvalue weighted by molar-refractivity contribution is 0.185. The third-order valence-corrected chi connectivity index (χ3v) is 3.96. The van der Waals surface area contributed by atoms with E-state index < -0.39 is 0 Å². The smallest absolute Gasteiger partial charge is 0.279 e. The van der Waals surface area contributed by atoms with Crippen LogP contribution in [0.2, 0.25) is 0 Å². The molecule has 3 aromatic heterocycles. The van der Waals surface area contributed by atoms with E-state index in [0.29, 0.717) is 12.3 Å². The van der Waals surface area contributed by atoms with Gasteiger partial charge in [-0.3, -0.25) is 9.30 Å². The topological polar surface area (TPSA) is 68.3 Å². The van der Waals surface area contributed by atoms with Crippen LogP contribution in [0.4, 0.5) is 0 Å². The van der Waals surface area contributed by atoms with Crippen molar-refractivity contribution in [2.75, 3.05) is 6.54 Å². The minimum Gasteiger partial charge on any atom is -0.279 e. The second kappa shape index (κ2) is 5.03. The van der Waals surface area contributed by atoms with Crippen molar-refractivity contribution in [3.63, 3.8) is 0 Å². The van der Waals surface area contributed by atoms with Crippen LogP contribution in [0.3, 0.4) is 0 Å². The van der Waals surface area contributed by atoms with E-state index in [4.69, 9.17) is 0 Å². The summed E-state index contributed by atoms with van der Waals surface area (Å²) in [5.41, 5.74) is 2.81. The van der Waals surface area contributed by atoms with Crippen LogP contribution in [0.25, 0.3) is 5.65 Å². The van der Waals surface area contributed by atoms with Crippen LogP contribution in [0.15, 0.2) is 35.4 Å². The van der Waals surface area contributed by atoms with Gasteiger partial charge in [0.15, 0.2) is 5.65 Å². The van der Waals surface area contributed by atoms with Gasteiger partial charge in [-0.1, -0.05) is 6.07 Å². The maximum Gasteiger partial charge on any atom is 0.351 e. The number of hydrogen-bond acceptors (Lipinski definition) is 5. The van der Waals surface area contributed by atoms with Crippen LogP contribution in [0, 0.1) is 6.92 Å². The molecule has 0 fully saturated rings. The molecule has 7 nitrogen and oxygen atoms in total. The molecule has 0 bridgehead atoms. The Bertz CT molecular complexity index is 896. The summed E-state index contributed by atoms with van der Waals surface area (Å²) >= 11 is 0. The van der Waals surface area contributed by atoms with Gasteiger partial charge < -0.3 is 0 Å². The molecule has 3 aromatic rings. The van der Waals surface area contributed by atoms with E-state index in [0.717, 1.165) is 36.6 Å². The summed E-state index contributed by atoms with van der Waals surface area (Å²) in [7, 11) is 0. The first-order valence-electron chi connectivity index (χ1n) is 7.29. The molecule has 0 N–H and O–H groups in total. The Hall–Kier alpha value is -2.54. The predicted octanol–water partition coefficient (Wildman–Crippen LogP) is 0.610. The summed E-state index contributed by atoms with van der Waals surface area (Å²) < 4.78 is 3.07. The maximum atomic E-state index is 12.3. The molecule has 0 atom stereocenters. The van der Waals surface area contributed by atoms with Crippen molar-refractivity contribution in [1.29, 1.82) is 0 Å². The Kier molecular flexibility index (Phi) is 3.00. The number of rotatable bonds is 2. The summed E-state index contributed by atoms with van der Waals surface area (Å²) in [6.07, 6.45) is 4.50. The first-order valence-corrected chi connectivity index (χ1v) is 7.29. The fraction of sp³-hybridized carbons (Fsp3) is 0.333. The molecule has 1 aliphatic rings. The molecule has 0 unspecified atom stereocenters. The van der Waals surface area contributed by atoms with E-state index in [1.807, 2.05) is 31.3 Å². The summed E-state index contributed by atoms with van der Waals surface area (Å²) in [4.78, 5) is 23.2. The predicted molar refractivity (Wildman–Crippen MR) is 80.3 cm³/mol. The number of hydrogen-bond donors (Lipinski definition) is 0. The zero-order valence-corrected chi connectivity index (χ0v) is 12.3. The lowest BCUT2D eigenvalue weighted by Crippen LogP contribution is -2.36. The fourth-order valence-corrected chi connectivity index (χ4v) is 2.84. The maximum absolute atomic E-state index is 12.3. The van der Waals surface area contributed by atoms with Crippen molar-refractivity contribution in [3.05, 3.63) is 58.2 Å². The van der Waals surface area contributed by atoms with Crippen molar-refractivity contribution < 1.29 is 0 Å². The molecule has 0 aromatic carbocycles. The van der Waals surface area contributed by atoms with E-state index >= 15 is 0 Å². The first kappa shape index (κ1) is 13.1. The van der Waals surface area contributed by atoms with Crippen LogP contribution < -0.4 is 5.69 Å². The van der Waals surface area contributed by atoms with Gasteiger partial charge in [0, 0.05) is 43.2 Å². The number of aryl methyl sites for hydroxylation is 1. The number of nitrogens with zero attached hydrogens (tertiary/aromatic N) is 6. The van der Waals surface area contributed by atoms with Crippen LogP contribution in [-0.4, -0.2) is 35.6 Å². The molecule has 112 valence electrons. The second-order valence-corrected chi connectivity index (χ2v) is 5.54. The fourth-order valence-electron chi connectivity index (χ4n) is 2.84. The van der Waals surface area contributed by atoms with Gasteiger partial charge in [0.25, 0.3) is 0 Å². The minimum absolute atomic E-state index is 0.110. The van der Waals surface area contributed by atoms with Gasteiger partial charge >= 0.3 is 5.69 Å². The Labute approximate surface area is 126 Å². The third-order valence-electron chi connectivity index (χ3n) is 3.96. The van der Waals surface area contributed by atoms with E-state index in [9.17, 15) is 4.79 Å². The summed E-state index contributed by atoms with van der Waals surface area (Å²) in [5, 5.41) is 4.37. The molecule has 0 radical (unpaired) electrons. The molecular weight excluding hydrogens is 280 g/mol. The molecule has 1 aliphatic heterocycles. The zero-order valence-electron chi connectivity index (χ0n) is 12.3. The number of pyridine rings is 1. The molecular formula is C15H16N6O. The highest BCUT2D eigenvalue weighted by atomic mass is 16.2. The summed E-state index contributed by atoms with van der Waals surface area (Å²) in [5.74, 6) is 0.809. The largest absolute Gasteiger partial charge is 0.351 e. The van der Waals surface area contributed by atoms with Crippen LogP contribution in [0.5, 0.6) is 0 Å². The van der Waals surface area contributed by atoms with Gasteiger partial charge in [0.2, 0.25) is 0 Å². The Morgan fingerprint density at radius 1 is 1.32 bits per heavy atom. The first-order chi connectivity index (χ1) is 10.7. The SMILES string of the molecule is Cc1ncc2c(n1)CCN(Cn1nc3ccccn3c1=O)C2. The normalized spacial score (nSPS) is 15.1. The molecule has 4 heterocycles. The van der Waals surface area contributed by atoms with Crippen LogP contribution in [0.1, 0.15) is 17.1 Å². The molecule has 0 saturated heterocycles. The molecule has 0 aliphatic carbocycles. The average Bonchev–Trinajstić information content (AvgIpc) is 2.84. The zero-order chi connectivity index (χ0) is 15.1. The number of fused-ring (bicyclic) bond motifs is 2. The van der Waals surface area contributed by atoms with E-state index in [1.54, 1.807) is 10.6 Å². The Morgan fingerprint density at radius 2 is 2.23 bits per heavy atom. The second-order valence-electron chi connectivity index (χ2n) is 5.54. The highest BCUT2D eigenvalue weighted by molar-refractivity contribution is 5.35. The van der Waals surface area contributed by atoms with Crippen molar-refractivity contribution >= 4 is 5.65 Å². The van der Waals surface area contributed by atoms with E-state index in [2.05, 4.69) is 20.0 Å². The molecule has 0 amide bonds. The van der Waals surface area contributed by atoms with Gasteiger partial charge in [0.1, 0.15) is 5.82 Å². The molecule has 4 rings (SSSR count). The van der Waals surface area contributed by atoms with Crippen molar-refractivity contribution in [2.24, 2.45) is 0 Å². The minimum atomic E-state index is -0.110. The van der Waals surface area contributed by atoms with Crippen LogP contribution in [-0.2, 0) is 19.6 Å². The Balaban J connectivity index is 1.60. The average molecular weight is 296 g/mol. The van der Waals surface area contributed by atoms with Crippen LogP contribution >= 0.6 is 0 Å². The lowest BCUT2D eigenvalue weighted by Gasteiger charge is -2.27. The monoisotopic (exact) mass is 296 g/mol. The highest BCUT2D eigenvalue weighted by Crippen LogP contribution is 2.16.